The number of benzene rings is 2. The number of aromatic nitrogens is 3. The summed E-state index contributed by atoms with van der Waals surface area (Å²) >= 11 is 0. The number of fused-ring (bicyclic) bond motifs is 2. The maximum Gasteiger partial charge on any atom is 0.317 e. The Labute approximate surface area is 178 Å². The van der Waals surface area contributed by atoms with Crippen molar-refractivity contribution >= 4 is 27.8 Å². The molecule has 0 saturated heterocycles. The molecule has 31 heavy (non-hydrogen) atoms. The van der Waals surface area contributed by atoms with Gasteiger partial charge in [-0.25, -0.2) is 0 Å². The quantitative estimate of drug-likeness (QED) is 0.358. The average Bonchev–Trinajstić information content (AvgIpc) is 3.16. The van der Waals surface area contributed by atoms with Gasteiger partial charge in [-0.3, -0.25) is 23.5 Å². The predicted molar refractivity (Wildman–Crippen MR) is 122 cm³/mol. The molecule has 0 unspecified atom stereocenters. The molecule has 0 fully saturated rings. The molecule has 0 aliphatic carbocycles. The van der Waals surface area contributed by atoms with Gasteiger partial charge in [0.05, 0.1) is 11.0 Å². The molecule has 7 heteroatoms. The molecule has 2 N–H and O–H groups in total. The van der Waals surface area contributed by atoms with Crippen LogP contribution in [-0.2, 0) is 24.3 Å². The zero-order valence-corrected chi connectivity index (χ0v) is 17.4. The number of nitrogens with one attached hydrogen (secondary N) is 2. The Hall–Kier alpha value is -3.87. The Balaban J connectivity index is 1.52. The van der Waals surface area contributed by atoms with Crippen LogP contribution in [0.15, 0.2) is 70.9 Å². The number of para-hydroxylation sites is 2. The lowest BCUT2D eigenvalue weighted by Gasteiger charge is -2.14. The second-order valence-electron chi connectivity index (χ2n) is 7.55. The summed E-state index contributed by atoms with van der Waals surface area (Å²) in [6.07, 6.45) is 4.18. The van der Waals surface area contributed by atoms with Crippen LogP contribution in [0.3, 0.4) is 0 Å². The fourth-order valence-corrected chi connectivity index (χ4v) is 3.87. The number of hydrogen-bond acceptors (Lipinski definition) is 3. The van der Waals surface area contributed by atoms with Gasteiger partial charge in [-0.05, 0) is 43.2 Å². The van der Waals surface area contributed by atoms with E-state index in [1.165, 1.54) is 14.7 Å². The van der Waals surface area contributed by atoms with Crippen LogP contribution in [0.5, 0.6) is 0 Å². The molecule has 4 rings (SSSR count). The van der Waals surface area contributed by atoms with Crippen LogP contribution in [0.1, 0.15) is 11.1 Å². The van der Waals surface area contributed by atoms with Gasteiger partial charge < -0.3 is 10.3 Å². The molecule has 4 aromatic rings. The average molecular weight is 416 g/mol. The molecular formula is C24H24N4O3. The lowest BCUT2D eigenvalue weighted by atomic mass is 10.1. The third-order valence-corrected chi connectivity index (χ3v) is 5.39. The van der Waals surface area contributed by atoms with E-state index < -0.39 is 11.1 Å². The maximum atomic E-state index is 12.7. The molecule has 158 valence electrons. The first-order valence-corrected chi connectivity index (χ1v) is 10.2. The van der Waals surface area contributed by atoms with E-state index in [9.17, 15) is 14.4 Å². The molecule has 0 aliphatic heterocycles. The van der Waals surface area contributed by atoms with E-state index in [0.717, 1.165) is 16.5 Å². The highest BCUT2D eigenvalue weighted by Gasteiger charge is 2.14. The van der Waals surface area contributed by atoms with Crippen molar-refractivity contribution in [2.75, 3.05) is 6.54 Å². The van der Waals surface area contributed by atoms with E-state index in [4.69, 9.17) is 0 Å². The molecule has 7 nitrogen and oxygen atoms in total. The number of allylic oxidation sites excluding steroid dienone is 1. The maximum absolute atomic E-state index is 12.7. The molecule has 1 amide bonds. The molecule has 0 saturated carbocycles. The second kappa shape index (κ2) is 8.47. The van der Waals surface area contributed by atoms with Gasteiger partial charge in [-0.15, -0.1) is 6.58 Å². The van der Waals surface area contributed by atoms with Crippen LogP contribution < -0.4 is 16.4 Å². The lowest BCUT2D eigenvalue weighted by molar-refractivity contribution is -0.121. The molecule has 0 spiro atoms. The normalized spacial score (nSPS) is 11.1. The number of aromatic amines is 1. The van der Waals surface area contributed by atoms with Crippen molar-refractivity contribution in [1.82, 2.24) is 19.4 Å². The number of carbonyl (C=O) groups is 1. The number of carbonyl (C=O) groups excluding carboxylic acids is 1. The molecule has 0 radical (unpaired) electrons. The Morgan fingerprint density at radius 3 is 2.55 bits per heavy atom. The minimum Gasteiger partial charge on any atom is -0.361 e. The van der Waals surface area contributed by atoms with Gasteiger partial charge >= 0.3 is 11.1 Å². The summed E-state index contributed by atoms with van der Waals surface area (Å²) in [5.41, 5.74) is 3.10. The van der Waals surface area contributed by atoms with Crippen molar-refractivity contribution in [3.63, 3.8) is 0 Å². The first-order chi connectivity index (χ1) is 15.0. The van der Waals surface area contributed by atoms with Crippen molar-refractivity contribution in [3.05, 3.63) is 93.2 Å². The topological polar surface area (TPSA) is 88.9 Å². The van der Waals surface area contributed by atoms with Crippen LogP contribution in [0.4, 0.5) is 0 Å². The van der Waals surface area contributed by atoms with E-state index >= 15 is 0 Å². The van der Waals surface area contributed by atoms with Gasteiger partial charge in [0.2, 0.25) is 5.91 Å². The van der Waals surface area contributed by atoms with Crippen LogP contribution in [0.25, 0.3) is 21.9 Å². The number of rotatable bonds is 7. The van der Waals surface area contributed by atoms with E-state index in [0.29, 0.717) is 24.0 Å². The minimum atomic E-state index is -0.720. The zero-order valence-electron chi connectivity index (χ0n) is 17.4. The summed E-state index contributed by atoms with van der Waals surface area (Å²) in [7, 11) is 0. The molecule has 2 aromatic carbocycles. The number of amides is 1. The van der Waals surface area contributed by atoms with Crippen molar-refractivity contribution in [1.29, 1.82) is 0 Å². The molecule has 0 atom stereocenters. The SMILES string of the molecule is C=CCn1c(=O)c(=O)n(CC(=O)NCCc2c[nH]c3ccc(C)cc23)c2ccccc21. The van der Waals surface area contributed by atoms with Crippen LogP contribution in [-0.4, -0.2) is 26.6 Å². The smallest absolute Gasteiger partial charge is 0.317 e. The van der Waals surface area contributed by atoms with Gasteiger partial charge in [-0.1, -0.05) is 29.8 Å². The van der Waals surface area contributed by atoms with Crippen LogP contribution in [0, 0.1) is 6.92 Å². The highest BCUT2D eigenvalue weighted by Crippen LogP contribution is 2.19. The van der Waals surface area contributed by atoms with E-state index in [2.05, 4.69) is 29.0 Å². The summed E-state index contributed by atoms with van der Waals surface area (Å²) < 4.78 is 2.61. The first-order valence-electron chi connectivity index (χ1n) is 10.2. The van der Waals surface area contributed by atoms with Gasteiger partial charge in [0.15, 0.2) is 0 Å². The van der Waals surface area contributed by atoms with Gasteiger partial charge in [0.1, 0.15) is 6.54 Å². The Bertz CT molecular complexity index is 1410. The molecule has 0 aliphatic rings. The minimum absolute atomic E-state index is 0.212. The third-order valence-electron chi connectivity index (χ3n) is 5.39. The summed E-state index contributed by atoms with van der Waals surface area (Å²) in [5, 5.41) is 4.00. The van der Waals surface area contributed by atoms with Gasteiger partial charge in [0.25, 0.3) is 0 Å². The molecule has 2 heterocycles. The molecular weight excluding hydrogens is 392 g/mol. The Morgan fingerprint density at radius 2 is 1.81 bits per heavy atom. The van der Waals surface area contributed by atoms with Gasteiger partial charge in [0, 0.05) is 30.2 Å². The molecule has 0 bridgehead atoms. The Morgan fingerprint density at radius 1 is 1.10 bits per heavy atom. The Kier molecular flexibility index (Phi) is 5.58. The number of H-pyrrole nitrogens is 1. The standard InChI is InChI=1S/C24H24N4O3/c1-3-12-27-20-6-4-5-7-21(20)28(24(31)23(27)30)15-22(29)25-11-10-17-14-26-19-9-8-16(2)13-18(17)19/h3-9,13-14,26H,1,10-12,15H2,2H3,(H,25,29). The first kappa shape index (κ1) is 20.4. The number of nitrogens with zero attached hydrogens (tertiary/aromatic N) is 2. The third kappa shape index (κ3) is 3.94. The lowest BCUT2D eigenvalue weighted by Crippen LogP contribution is -2.44. The second-order valence-corrected chi connectivity index (χ2v) is 7.55. The molecule has 2 aromatic heterocycles. The van der Waals surface area contributed by atoms with Crippen molar-refractivity contribution in [2.24, 2.45) is 0 Å². The highest BCUT2D eigenvalue weighted by atomic mass is 16.2. The van der Waals surface area contributed by atoms with E-state index in [-0.39, 0.29) is 19.0 Å². The fourth-order valence-electron chi connectivity index (χ4n) is 3.87. The van der Waals surface area contributed by atoms with Crippen molar-refractivity contribution < 1.29 is 4.79 Å². The zero-order chi connectivity index (χ0) is 22.0. The highest BCUT2D eigenvalue weighted by molar-refractivity contribution is 5.84. The predicted octanol–water partition coefficient (Wildman–Crippen LogP) is 2.50. The summed E-state index contributed by atoms with van der Waals surface area (Å²) in [6.45, 7) is 6.14. The van der Waals surface area contributed by atoms with Crippen LogP contribution >= 0.6 is 0 Å². The summed E-state index contributed by atoms with van der Waals surface area (Å²) in [4.78, 5) is 41.0. The fraction of sp³-hybridized carbons (Fsp3) is 0.208. The summed E-state index contributed by atoms with van der Waals surface area (Å²) in [6, 6.07) is 13.3. The monoisotopic (exact) mass is 416 g/mol. The van der Waals surface area contributed by atoms with Crippen LogP contribution in [0.2, 0.25) is 0 Å². The number of aryl methyl sites for hydroxylation is 1. The van der Waals surface area contributed by atoms with Crippen molar-refractivity contribution in [3.8, 4) is 0 Å². The largest absolute Gasteiger partial charge is 0.361 e. The van der Waals surface area contributed by atoms with Gasteiger partial charge in [-0.2, -0.15) is 0 Å². The summed E-state index contributed by atoms with van der Waals surface area (Å²) in [5.74, 6) is -0.316. The van der Waals surface area contributed by atoms with E-state index in [1.54, 1.807) is 30.3 Å². The van der Waals surface area contributed by atoms with E-state index in [1.807, 2.05) is 19.2 Å². The number of hydrogen-bond donors (Lipinski definition) is 2. The van der Waals surface area contributed by atoms with Crippen molar-refractivity contribution in [2.45, 2.75) is 26.4 Å².